The van der Waals surface area contributed by atoms with Crippen molar-refractivity contribution in [1.82, 2.24) is 15.2 Å². The fourth-order valence-electron chi connectivity index (χ4n) is 4.73. The smallest absolute Gasteiger partial charge is 0.261 e. The van der Waals surface area contributed by atoms with Gasteiger partial charge in [0.05, 0.1) is 11.1 Å². The number of aryl methyl sites for hydroxylation is 1. The van der Waals surface area contributed by atoms with Crippen LogP contribution in [0.25, 0.3) is 0 Å². The SMILES string of the molecule is Cc1csc(C2(CN3C(=O)c4ccccc4C3=O)C3CCNCC32)n1.Cl. The van der Waals surface area contributed by atoms with E-state index in [4.69, 9.17) is 4.98 Å². The maximum absolute atomic E-state index is 12.8. The molecule has 5 nitrogen and oxygen atoms in total. The predicted octanol–water partition coefficient (Wildman–Crippen LogP) is 2.65. The highest BCUT2D eigenvalue weighted by atomic mass is 35.5. The Labute approximate surface area is 162 Å². The first-order valence-electron chi connectivity index (χ1n) is 8.71. The molecule has 5 rings (SSSR count). The summed E-state index contributed by atoms with van der Waals surface area (Å²) in [5.41, 5.74) is 1.90. The number of carbonyl (C=O) groups excluding carboxylic acids is 2. The van der Waals surface area contributed by atoms with Gasteiger partial charge in [-0.1, -0.05) is 12.1 Å². The zero-order valence-electron chi connectivity index (χ0n) is 14.4. The first kappa shape index (κ1) is 17.6. The number of hydrogen-bond donors (Lipinski definition) is 1. The summed E-state index contributed by atoms with van der Waals surface area (Å²) in [4.78, 5) is 31.9. The molecular formula is C19H20ClN3O2S. The molecule has 2 fully saturated rings. The number of halogens is 1. The normalized spacial score (nSPS) is 29.2. The molecule has 2 aromatic rings. The van der Waals surface area contributed by atoms with Crippen LogP contribution in [0.3, 0.4) is 0 Å². The van der Waals surface area contributed by atoms with Crippen LogP contribution in [0, 0.1) is 18.8 Å². The first-order chi connectivity index (χ1) is 12.1. The number of imide groups is 1. The van der Waals surface area contributed by atoms with E-state index in [0.717, 1.165) is 30.2 Å². The van der Waals surface area contributed by atoms with Crippen LogP contribution in [0.1, 0.15) is 37.8 Å². The average Bonchev–Trinajstić information content (AvgIpc) is 2.95. The molecule has 1 saturated heterocycles. The van der Waals surface area contributed by atoms with Gasteiger partial charge in [-0.05, 0) is 50.4 Å². The van der Waals surface area contributed by atoms with Gasteiger partial charge in [0, 0.05) is 23.0 Å². The second-order valence-electron chi connectivity index (χ2n) is 7.28. The van der Waals surface area contributed by atoms with Crippen molar-refractivity contribution in [3.63, 3.8) is 0 Å². The minimum absolute atomic E-state index is 0. The van der Waals surface area contributed by atoms with Gasteiger partial charge in [0.25, 0.3) is 11.8 Å². The number of rotatable bonds is 3. The molecular weight excluding hydrogens is 370 g/mol. The van der Waals surface area contributed by atoms with E-state index in [1.165, 1.54) is 4.90 Å². The summed E-state index contributed by atoms with van der Waals surface area (Å²) >= 11 is 1.67. The van der Waals surface area contributed by atoms with Gasteiger partial charge in [0.15, 0.2) is 0 Å². The Hall–Kier alpha value is -1.76. The minimum Gasteiger partial charge on any atom is -0.316 e. The quantitative estimate of drug-likeness (QED) is 0.820. The predicted molar refractivity (Wildman–Crippen MR) is 102 cm³/mol. The molecule has 3 unspecified atom stereocenters. The Morgan fingerprint density at radius 3 is 2.46 bits per heavy atom. The van der Waals surface area contributed by atoms with Crippen LogP contribution >= 0.6 is 23.7 Å². The van der Waals surface area contributed by atoms with Crippen LogP contribution in [-0.4, -0.2) is 41.3 Å². The zero-order chi connectivity index (χ0) is 17.2. The molecule has 3 heterocycles. The van der Waals surface area contributed by atoms with Gasteiger partial charge in [-0.15, -0.1) is 23.7 Å². The van der Waals surface area contributed by atoms with Crippen LogP contribution in [0.2, 0.25) is 0 Å². The van der Waals surface area contributed by atoms with E-state index < -0.39 is 0 Å². The van der Waals surface area contributed by atoms with Crippen LogP contribution in [0.15, 0.2) is 29.6 Å². The van der Waals surface area contributed by atoms with E-state index >= 15 is 0 Å². The highest BCUT2D eigenvalue weighted by molar-refractivity contribution is 7.09. The lowest BCUT2D eigenvalue weighted by molar-refractivity contribution is 0.0633. The van der Waals surface area contributed by atoms with Gasteiger partial charge in [0.1, 0.15) is 5.01 Å². The minimum atomic E-state index is -0.171. The molecule has 1 N–H and O–H groups in total. The van der Waals surface area contributed by atoms with Crippen molar-refractivity contribution in [1.29, 1.82) is 0 Å². The number of carbonyl (C=O) groups is 2. The van der Waals surface area contributed by atoms with Crippen LogP contribution in [-0.2, 0) is 5.41 Å². The van der Waals surface area contributed by atoms with Gasteiger partial charge in [-0.25, -0.2) is 4.98 Å². The molecule has 1 aliphatic carbocycles. The molecule has 1 aromatic heterocycles. The molecule has 3 aliphatic rings. The van der Waals surface area contributed by atoms with E-state index in [0.29, 0.717) is 29.5 Å². The Bertz CT molecular complexity index is 849. The summed E-state index contributed by atoms with van der Waals surface area (Å²) < 4.78 is 0. The fourth-order valence-corrected chi connectivity index (χ4v) is 5.85. The molecule has 2 amide bonds. The number of amides is 2. The number of fused-ring (bicyclic) bond motifs is 2. The standard InChI is InChI=1S/C19H19N3O2S.ClH/c1-11-9-25-18(21-11)19(14-6-7-20-8-15(14)19)10-22-16(23)12-4-2-3-5-13(12)17(22)24;/h2-5,9,14-15,20H,6-8,10H2,1H3;1H. The zero-order valence-corrected chi connectivity index (χ0v) is 16.0. The van der Waals surface area contributed by atoms with Gasteiger partial charge in [0.2, 0.25) is 0 Å². The maximum atomic E-state index is 12.8. The van der Waals surface area contributed by atoms with Crippen molar-refractivity contribution >= 4 is 35.6 Å². The van der Waals surface area contributed by atoms with Crippen molar-refractivity contribution in [3.05, 3.63) is 51.5 Å². The molecule has 26 heavy (non-hydrogen) atoms. The fraction of sp³-hybridized carbons (Fsp3) is 0.421. The molecule has 1 saturated carbocycles. The van der Waals surface area contributed by atoms with E-state index in [1.807, 2.05) is 19.1 Å². The molecule has 0 radical (unpaired) electrons. The van der Waals surface area contributed by atoms with Crippen molar-refractivity contribution < 1.29 is 9.59 Å². The van der Waals surface area contributed by atoms with Gasteiger partial charge < -0.3 is 5.32 Å². The number of aromatic nitrogens is 1. The summed E-state index contributed by atoms with van der Waals surface area (Å²) in [5, 5.41) is 6.61. The molecule has 136 valence electrons. The Kier molecular flexibility index (Phi) is 4.17. The lowest BCUT2D eigenvalue weighted by atomic mass is 10.0. The molecule has 7 heteroatoms. The Morgan fingerprint density at radius 1 is 1.23 bits per heavy atom. The van der Waals surface area contributed by atoms with E-state index in [9.17, 15) is 9.59 Å². The van der Waals surface area contributed by atoms with Crippen molar-refractivity contribution in [2.45, 2.75) is 18.8 Å². The third kappa shape index (κ3) is 2.29. The number of benzene rings is 1. The highest BCUT2D eigenvalue weighted by Gasteiger charge is 2.68. The maximum Gasteiger partial charge on any atom is 0.261 e. The number of nitrogens with zero attached hydrogens (tertiary/aromatic N) is 2. The lowest BCUT2D eigenvalue weighted by Crippen LogP contribution is -2.39. The van der Waals surface area contributed by atoms with Crippen molar-refractivity contribution in [2.24, 2.45) is 11.8 Å². The van der Waals surface area contributed by atoms with Gasteiger partial charge in [-0.3, -0.25) is 14.5 Å². The largest absolute Gasteiger partial charge is 0.316 e. The summed E-state index contributed by atoms with van der Waals surface area (Å²) in [6.07, 6.45) is 1.08. The van der Waals surface area contributed by atoms with Crippen molar-refractivity contribution in [3.8, 4) is 0 Å². The number of thiazole rings is 1. The van der Waals surface area contributed by atoms with E-state index in [1.54, 1.807) is 23.5 Å². The van der Waals surface area contributed by atoms with Crippen molar-refractivity contribution in [2.75, 3.05) is 19.6 Å². The van der Waals surface area contributed by atoms with Gasteiger partial charge in [-0.2, -0.15) is 0 Å². The number of nitrogens with one attached hydrogen (secondary N) is 1. The summed E-state index contributed by atoms with van der Waals surface area (Å²) in [6.45, 7) is 4.38. The first-order valence-corrected chi connectivity index (χ1v) is 9.59. The van der Waals surface area contributed by atoms with Gasteiger partial charge >= 0.3 is 0 Å². The lowest BCUT2D eigenvalue weighted by Gasteiger charge is -2.22. The summed E-state index contributed by atoms with van der Waals surface area (Å²) in [5.74, 6) is 0.634. The van der Waals surface area contributed by atoms with E-state index in [2.05, 4.69) is 10.7 Å². The van der Waals surface area contributed by atoms with Crippen LogP contribution < -0.4 is 5.32 Å². The summed E-state index contributed by atoms with van der Waals surface area (Å²) in [6, 6.07) is 7.12. The topological polar surface area (TPSA) is 62.3 Å². The monoisotopic (exact) mass is 389 g/mol. The van der Waals surface area contributed by atoms with Crippen LogP contribution in [0.4, 0.5) is 0 Å². The molecule has 0 bridgehead atoms. The number of hydrogen-bond acceptors (Lipinski definition) is 5. The second-order valence-corrected chi connectivity index (χ2v) is 8.14. The molecule has 1 aromatic carbocycles. The van der Waals surface area contributed by atoms with Crippen LogP contribution in [0.5, 0.6) is 0 Å². The summed E-state index contributed by atoms with van der Waals surface area (Å²) in [7, 11) is 0. The second kappa shape index (κ2) is 6.15. The average molecular weight is 390 g/mol. The third-order valence-electron chi connectivity index (χ3n) is 6.01. The number of piperidine rings is 1. The highest BCUT2D eigenvalue weighted by Crippen LogP contribution is 2.63. The Balaban J connectivity index is 0.00000168. The molecule has 0 spiro atoms. The third-order valence-corrected chi connectivity index (χ3v) is 7.16. The molecule has 2 aliphatic heterocycles. The van der Waals surface area contributed by atoms with E-state index in [-0.39, 0.29) is 29.6 Å². The Morgan fingerprint density at radius 2 is 1.92 bits per heavy atom. The molecule has 3 atom stereocenters.